The van der Waals surface area contributed by atoms with Crippen molar-refractivity contribution in [2.24, 2.45) is 11.3 Å². The lowest BCUT2D eigenvalue weighted by Crippen LogP contribution is -2.53. The van der Waals surface area contributed by atoms with Crippen LogP contribution < -0.4 is 0 Å². The molecule has 1 aliphatic carbocycles. The lowest BCUT2D eigenvalue weighted by Gasteiger charge is -2.49. The van der Waals surface area contributed by atoms with Gasteiger partial charge in [-0.2, -0.15) is 0 Å². The lowest BCUT2D eigenvalue weighted by atomic mass is 9.62. The SMILES string of the molecule is C=C(CC)C12CC(=O)CC(CN(C(=O)O)C1)C2. The average molecular weight is 237 g/mol. The Balaban J connectivity index is 2.29. The van der Waals surface area contributed by atoms with Crippen molar-refractivity contribution in [3.63, 3.8) is 0 Å². The van der Waals surface area contributed by atoms with Crippen LogP contribution in [0.15, 0.2) is 12.2 Å². The van der Waals surface area contributed by atoms with Gasteiger partial charge in [-0.15, -0.1) is 0 Å². The van der Waals surface area contributed by atoms with E-state index in [1.54, 1.807) is 0 Å². The van der Waals surface area contributed by atoms with Gasteiger partial charge in [-0.25, -0.2) is 4.79 Å². The van der Waals surface area contributed by atoms with Gasteiger partial charge in [-0.05, 0) is 18.8 Å². The predicted octanol–water partition coefficient (Wildman–Crippen LogP) is 2.30. The summed E-state index contributed by atoms with van der Waals surface area (Å²) in [4.78, 5) is 24.4. The molecule has 0 spiro atoms. The monoisotopic (exact) mass is 237 g/mol. The number of rotatable bonds is 2. The molecule has 0 radical (unpaired) electrons. The molecule has 2 rings (SSSR count). The molecule has 1 aliphatic heterocycles. The van der Waals surface area contributed by atoms with Crippen molar-refractivity contribution in [1.82, 2.24) is 4.90 Å². The number of carbonyl (C=O) groups is 2. The number of ketones is 1. The number of hydrogen-bond donors (Lipinski definition) is 1. The Labute approximate surface area is 101 Å². The minimum absolute atomic E-state index is 0.185. The number of carboxylic acid groups (broad SMARTS) is 1. The fourth-order valence-electron chi connectivity index (χ4n) is 3.36. The molecule has 2 aliphatic rings. The van der Waals surface area contributed by atoms with E-state index < -0.39 is 6.09 Å². The molecule has 0 aromatic rings. The summed E-state index contributed by atoms with van der Waals surface area (Å²) in [7, 11) is 0. The number of piperidine rings is 1. The molecule has 1 N–H and O–H groups in total. The first-order chi connectivity index (χ1) is 7.97. The number of hydrogen-bond acceptors (Lipinski definition) is 2. The largest absolute Gasteiger partial charge is 0.465 e. The van der Waals surface area contributed by atoms with E-state index in [4.69, 9.17) is 5.11 Å². The van der Waals surface area contributed by atoms with Crippen LogP contribution in [0.4, 0.5) is 4.79 Å². The van der Waals surface area contributed by atoms with E-state index in [2.05, 4.69) is 6.58 Å². The Morgan fingerprint density at radius 2 is 2.35 bits per heavy atom. The molecule has 2 fully saturated rings. The Bertz CT molecular complexity index is 377. The van der Waals surface area contributed by atoms with Crippen molar-refractivity contribution in [3.8, 4) is 0 Å². The lowest BCUT2D eigenvalue weighted by molar-refractivity contribution is -0.127. The van der Waals surface area contributed by atoms with Crippen molar-refractivity contribution in [3.05, 3.63) is 12.2 Å². The first-order valence-electron chi connectivity index (χ1n) is 6.14. The van der Waals surface area contributed by atoms with Crippen molar-refractivity contribution in [2.45, 2.75) is 32.6 Å². The van der Waals surface area contributed by atoms with Crippen LogP contribution in [0.3, 0.4) is 0 Å². The number of fused-ring (bicyclic) bond motifs is 2. The molecule has 2 atom stereocenters. The Hall–Kier alpha value is -1.32. The van der Waals surface area contributed by atoms with E-state index in [1.807, 2.05) is 6.92 Å². The molecule has 1 amide bonds. The highest BCUT2D eigenvalue weighted by Gasteiger charge is 2.47. The van der Waals surface area contributed by atoms with Crippen molar-refractivity contribution in [1.29, 1.82) is 0 Å². The summed E-state index contributed by atoms with van der Waals surface area (Å²) in [6.07, 6.45) is 1.86. The van der Waals surface area contributed by atoms with Crippen LogP contribution in [-0.4, -0.2) is 35.0 Å². The van der Waals surface area contributed by atoms with Crippen LogP contribution in [0.2, 0.25) is 0 Å². The van der Waals surface area contributed by atoms with E-state index in [0.717, 1.165) is 18.4 Å². The molecule has 2 bridgehead atoms. The molecule has 4 nitrogen and oxygen atoms in total. The summed E-state index contributed by atoms with van der Waals surface area (Å²) in [5.41, 5.74) is 0.743. The van der Waals surface area contributed by atoms with Crippen LogP contribution in [-0.2, 0) is 4.79 Å². The van der Waals surface area contributed by atoms with E-state index in [0.29, 0.717) is 25.9 Å². The van der Waals surface area contributed by atoms with Gasteiger partial charge >= 0.3 is 6.09 Å². The van der Waals surface area contributed by atoms with Gasteiger partial charge in [0.25, 0.3) is 0 Å². The Morgan fingerprint density at radius 1 is 1.65 bits per heavy atom. The summed E-state index contributed by atoms with van der Waals surface area (Å²) < 4.78 is 0. The third-order valence-electron chi connectivity index (χ3n) is 4.15. The van der Waals surface area contributed by atoms with Gasteiger partial charge in [0.2, 0.25) is 0 Å². The molecule has 4 heteroatoms. The van der Waals surface area contributed by atoms with Gasteiger partial charge in [-0.3, -0.25) is 4.79 Å². The van der Waals surface area contributed by atoms with Crippen molar-refractivity contribution < 1.29 is 14.7 Å². The summed E-state index contributed by atoms with van der Waals surface area (Å²) in [6, 6.07) is 0. The summed E-state index contributed by atoms with van der Waals surface area (Å²) >= 11 is 0. The molecule has 94 valence electrons. The summed E-state index contributed by atoms with van der Waals surface area (Å²) in [6.45, 7) is 7.02. The van der Waals surface area contributed by atoms with E-state index in [-0.39, 0.29) is 17.1 Å². The smallest absolute Gasteiger partial charge is 0.407 e. The van der Waals surface area contributed by atoms with Crippen LogP contribution in [0.1, 0.15) is 32.6 Å². The fourth-order valence-corrected chi connectivity index (χ4v) is 3.36. The van der Waals surface area contributed by atoms with Crippen molar-refractivity contribution >= 4 is 11.9 Å². The van der Waals surface area contributed by atoms with E-state index in [1.165, 1.54) is 4.90 Å². The topological polar surface area (TPSA) is 57.6 Å². The molecular formula is C13H19NO3. The minimum atomic E-state index is -0.877. The van der Waals surface area contributed by atoms with Gasteiger partial charge in [0.15, 0.2) is 0 Å². The summed E-state index contributed by atoms with van der Waals surface area (Å²) in [5.74, 6) is 0.449. The minimum Gasteiger partial charge on any atom is -0.465 e. The second-order valence-corrected chi connectivity index (χ2v) is 5.39. The van der Waals surface area contributed by atoms with Crippen molar-refractivity contribution in [2.75, 3.05) is 13.1 Å². The highest BCUT2D eigenvalue weighted by molar-refractivity contribution is 5.81. The first kappa shape index (κ1) is 12.1. The molecule has 1 saturated heterocycles. The van der Waals surface area contributed by atoms with Gasteiger partial charge in [-0.1, -0.05) is 19.1 Å². The van der Waals surface area contributed by atoms with Crippen LogP contribution >= 0.6 is 0 Å². The van der Waals surface area contributed by atoms with Gasteiger partial charge < -0.3 is 10.0 Å². The molecule has 1 heterocycles. The van der Waals surface area contributed by atoms with Gasteiger partial charge in [0, 0.05) is 31.3 Å². The standard InChI is InChI=1S/C13H19NO3/c1-3-9(2)13-5-10(4-11(15)6-13)7-14(8-13)12(16)17/h10H,2-8H2,1H3,(H,16,17). The van der Waals surface area contributed by atoms with Crippen LogP contribution in [0, 0.1) is 11.3 Å². The highest BCUT2D eigenvalue weighted by atomic mass is 16.4. The predicted molar refractivity (Wildman–Crippen MR) is 63.8 cm³/mol. The molecule has 0 aromatic carbocycles. The molecule has 17 heavy (non-hydrogen) atoms. The fraction of sp³-hybridized carbons (Fsp3) is 0.692. The van der Waals surface area contributed by atoms with E-state index >= 15 is 0 Å². The zero-order valence-corrected chi connectivity index (χ0v) is 10.2. The second kappa shape index (κ2) is 4.17. The van der Waals surface area contributed by atoms with E-state index in [9.17, 15) is 9.59 Å². The normalized spacial score (nSPS) is 32.4. The number of carbonyl (C=O) groups excluding carboxylic acids is 1. The van der Waals surface area contributed by atoms with Gasteiger partial charge in [0.05, 0.1) is 0 Å². The number of Topliss-reactive ketones (excluding diaryl/α,β-unsaturated/α-hetero) is 1. The number of nitrogens with zero attached hydrogens (tertiary/aromatic N) is 1. The Kier molecular flexibility index (Phi) is 2.98. The highest BCUT2D eigenvalue weighted by Crippen LogP contribution is 2.47. The second-order valence-electron chi connectivity index (χ2n) is 5.39. The average Bonchev–Trinajstić information content (AvgIpc) is 2.26. The maximum atomic E-state index is 11.8. The Morgan fingerprint density at radius 3 is 2.94 bits per heavy atom. The zero-order valence-electron chi connectivity index (χ0n) is 10.2. The van der Waals surface area contributed by atoms with Gasteiger partial charge in [0.1, 0.15) is 5.78 Å². The number of likely N-dealkylation sites (tertiary alicyclic amines) is 1. The maximum absolute atomic E-state index is 11.8. The summed E-state index contributed by atoms with van der Waals surface area (Å²) in [5, 5.41) is 9.14. The third kappa shape index (κ3) is 2.08. The molecule has 2 unspecified atom stereocenters. The molecule has 1 saturated carbocycles. The quantitative estimate of drug-likeness (QED) is 0.750. The third-order valence-corrected chi connectivity index (χ3v) is 4.15. The zero-order chi connectivity index (χ0) is 12.6. The molecule has 0 aromatic heterocycles. The maximum Gasteiger partial charge on any atom is 0.407 e. The first-order valence-corrected chi connectivity index (χ1v) is 6.14. The molecular weight excluding hydrogens is 218 g/mol. The number of amides is 1. The van der Waals surface area contributed by atoms with Crippen LogP contribution in [0.25, 0.3) is 0 Å². The van der Waals surface area contributed by atoms with Crippen LogP contribution in [0.5, 0.6) is 0 Å².